The van der Waals surface area contributed by atoms with E-state index in [9.17, 15) is 4.79 Å². The first-order valence-corrected chi connectivity index (χ1v) is 6.12. The minimum atomic E-state index is 0.0717. The highest BCUT2D eigenvalue weighted by atomic mass is 16.2. The van der Waals surface area contributed by atoms with E-state index in [4.69, 9.17) is 0 Å². The molecule has 2 aromatic rings. The van der Waals surface area contributed by atoms with Crippen molar-refractivity contribution in [1.82, 2.24) is 4.98 Å². The Kier molecular flexibility index (Phi) is 4.07. The molecule has 1 heterocycles. The van der Waals surface area contributed by atoms with Crippen LogP contribution < -0.4 is 4.90 Å². The molecule has 0 atom stereocenters. The number of hydrogen-bond acceptors (Lipinski definition) is 2. The van der Waals surface area contributed by atoms with E-state index in [0.717, 1.165) is 12.1 Å². The second kappa shape index (κ2) is 5.96. The Labute approximate surface area is 107 Å². The van der Waals surface area contributed by atoms with Crippen molar-refractivity contribution in [3.05, 3.63) is 54.7 Å². The summed E-state index contributed by atoms with van der Waals surface area (Å²) < 4.78 is 0. The van der Waals surface area contributed by atoms with E-state index in [2.05, 4.69) is 4.98 Å². The quantitative estimate of drug-likeness (QED) is 0.818. The number of amides is 1. The predicted octanol–water partition coefficient (Wildman–Crippen LogP) is 3.55. The standard InChI is InChI=1S/C15H16N2O/c1-2-8-15(18)17(13-9-4-3-5-10-13)14-11-6-7-12-16-14/h3-7,9-12H,2,8H2,1H3. The van der Waals surface area contributed by atoms with E-state index in [-0.39, 0.29) is 5.91 Å². The molecule has 0 radical (unpaired) electrons. The van der Waals surface area contributed by atoms with E-state index >= 15 is 0 Å². The lowest BCUT2D eigenvalue weighted by Gasteiger charge is -2.21. The molecule has 0 aliphatic heterocycles. The second-order valence-corrected chi connectivity index (χ2v) is 4.00. The molecule has 0 saturated carbocycles. The van der Waals surface area contributed by atoms with Gasteiger partial charge < -0.3 is 0 Å². The van der Waals surface area contributed by atoms with E-state index < -0.39 is 0 Å². The number of hydrogen-bond donors (Lipinski definition) is 0. The third-order valence-corrected chi connectivity index (χ3v) is 2.61. The van der Waals surface area contributed by atoms with Gasteiger partial charge in [0.25, 0.3) is 0 Å². The number of para-hydroxylation sites is 1. The van der Waals surface area contributed by atoms with Crippen molar-refractivity contribution >= 4 is 17.4 Å². The normalized spacial score (nSPS) is 10.1. The first kappa shape index (κ1) is 12.3. The van der Waals surface area contributed by atoms with Crippen molar-refractivity contribution in [3.63, 3.8) is 0 Å². The summed E-state index contributed by atoms with van der Waals surface area (Å²) in [6.45, 7) is 2.00. The minimum Gasteiger partial charge on any atom is -0.274 e. The molecule has 0 unspecified atom stereocenters. The number of anilines is 2. The lowest BCUT2D eigenvalue weighted by atomic mass is 10.2. The molecule has 0 fully saturated rings. The van der Waals surface area contributed by atoms with Gasteiger partial charge in [0.05, 0.1) is 5.69 Å². The minimum absolute atomic E-state index is 0.0717. The van der Waals surface area contributed by atoms with Gasteiger partial charge in [-0.2, -0.15) is 0 Å². The molecule has 1 aromatic carbocycles. The van der Waals surface area contributed by atoms with Gasteiger partial charge in [0.2, 0.25) is 5.91 Å². The van der Waals surface area contributed by atoms with Crippen molar-refractivity contribution < 1.29 is 4.79 Å². The molecule has 0 N–H and O–H groups in total. The van der Waals surface area contributed by atoms with Crippen molar-refractivity contribution in [3.8, 4) is 0 Å². The molecular formula is C15H16N2O. The Morgan fingerprint density at radius 1 is 1.11 bits per heavy atom. The van der Waals surface area contributed by atoms with Crippen molar-refractivity contribution in [2.24, 2.45) is 0 Å². The summed E-state index contributed by atoms with van der Waals surface area (Å²) in [7, 11) is 0. The Balaban J connectivity index is 2.38. The van der Waals surface area contributed by atoms with Gasteiger partial charge in [-0.3, -0.25) is 9.69 Å². The van der Waals surface area contributed by atoms with Crippen LogP contribution in [0, 0.1) is 0 Å². The number of aromatic nitrogens is 1. The molecule has 0 aliphatic rings. The summed E-state index contributed by atoms with van der Waals surface area (Å²) in [6, 6.07) is 15.2. The molecular weight excluding hydrogens is 224 g/mol. The highest BCUT2D eigenvalue weighted by molar-refractivity contribution is 5.99. The van der Waals surface area contributed by atoms with Gasteiger partial charge in [-0.25, -0.2) is 4.98 Å². The molecule has 0 saturated heterocycles. The smallest absolute Gasteiger partial charge is 0.232 e. The first-order valence-electron chi connectivity index (χ1n) is 6.12. The molecule has 0 spiro atoms. The van der Waals surface area contributed by atoms with Crippen molar-refractivity contribution in [2.75, 3.05) is 4.90 Å². The van der Waals surface area contributed by atoms with Crippen molar-refractivity contribution in [1.29, 1.82) is 0 Å². The topological polar surface area (TPSA) is 33.2 Å². The summed E-state index contributed by atoms with van der Waals surface area (Å²) in [5.74, 6) is 0.740. The average Bonchev–Trinajstić information content (AvgIpc) is 2.42. The van der Waals surface area contributed by atoms with E-state index in [1.165, 1.54) is 0 Å². The van der Waals surface area contributed by atoms with Crippen LogP contribution in [-0.4, -0.2) is 10.9 Å². The fraction of sp³-hybridized carbons (Fsp3) is 0.200. The van der Waals surface area contributed by atoms with Gasteiger partial charge in [-0.15, -0.1) is 0 Å². The van der Waals surface area contributed by atoms with Gasteiger partial charge in [0.15, 0.2) is 0 Å². The number of nitrogens with zero attached hydrogens (tertiary/aromatic N) is 2. The van der Waals surface area contributed by atoms with Crippen LogP contribution in [0.4, 0.5) is 11.5 Å². The Morgan fingerprint density at radius 3 is 2.44 bits per heavy atom. The summed E-state index contributed by atoms with van der Waals surface area (Å²) in [4.78, 5) is 18.2. The first-order chi connectivity index (χ1) is 8.83. The Morgan fingerprint density at radius 2 is 1.83 bits per heavy atom. The van der Waals surface area contributed by atoms with Gasteiger partial charge in [-0.1, -0.05) is 31.2 Å². The van der Waals surface area contributed by atoms with Crippen molar-refractivity contribution in [2.45, 2.75) is 19.8 Å². The maximum absolute atomic E-state index is 12.2. The predicted molar refractivity (Wildman–Crippen MR) is 72.7 cm³/mol. The maximum Gasteiger partial charge on any atom is 0.232 e. The van der Waals surface area contributed by atoms with Gasteiger partial charge >= 0.3 is 0 Å². The highest BCUT2D eigenvalue weighted by Gasteiger charge is 2.17. The zero-order valence-electron chi connectivity index (χ0n) is 10.4. The third-order valence-electron chi connectivity index (χ3n) is 2.61. The SMILES string of the molecule is CCCC(=O)N(c1ccccc1)c1ccccn1. The van der Waals surface area contributed by atoms with E-state index in [1.807, 2.05) is 55.5 Å². The van der Waals surface area contributed by atoms with Gasteiger partial charge in [0.1, 0.15) is 5.82 Å². The van der Waals surface area contributed by atoms with Crippen LogP contribution in [0.15, 0.2) is 54.7 Å². The fourth-order valence-electron chi connectivity index (χ4n) is 1.79. The van der Waals surface area contributed by atoms with Gasteiger partial charge in [-0.05, 0) is 30.7 Å². The average molecular weight is 240 g/mol. The molecule has 1 aromatic heterocycles. The number of carbonyl (C=O) groups excluding carboxylic acids is 1. The molecule has 3 nitrogen and oxygen atoms in total. The lowest BCUT2D eigenvalue weighted by Crippen LogP contribution is -2.26. The maximum atomic E-state index is 12.2. The third kappa shape index (κ3) is 2.74. The number of benzene rings is 1. The number of carbonyl (C=O) groups is 1. The molecule has 1 amide bonds. The summed E-state index contributed by atoms with van der Waals surface area (Å²) in [5.41, 5.74) is 0.856. The zero-order valence-corrected chi connectivity index (χ0v) is 10.4. The van der Waals surface area contributed by atoms with E-state index in [1.54, 1.807) is 11.1 Å². The van der Waals surface area contributed by atoms with Crippen LogP contribution in [0.25, 0.3) is 0 Å². The second-order valence-electron chi connectivity index (χ2n) is 4.00. The Bertz CT molecular complexity index is 457. The number of rotatable bonds is 4. The Hall–Kier alpha value is -2.16. The zero-order chi connectivity index (χ0) is 12.8. The molecule has 0 bridgehead atoms. The van der Waals surface area contributed by atoms with Crippen LogP contribution in [-0.2, 0) is 4.79 Å². The van der Waals surface area contributed by atoms with Crippen LogP contribution >= 0.6 is 0 Å². The fourth-order valence-corrected chi connectivity index (χ4v) is 1.79. The highest BCUT2D eigenvalue weighted by Crippen LogP contribution is 2.24. The summed E-state index contributed by atoms with van der Waals surface area (Å²) >= 11 is 0. The summed E-state index contributed by atoms with van der Waals surface area (Å²) in [5, 5.41) is 0. The van der Waals surface area contributed by atoms with Crippen LogP contribution in [0.5, 0.6) is 0 Å². The van der Waals surface area contributed by atoms with Crippen LogP contribution in [0.1, 0.15) is 19.8 Å². The van der Waals surface area contributed by atoms with Gasteiger partial charge in [0, 0.05) is 12.6 Å². The molecule has 2 rings (SSSR count). The molecule has 3 heteroatoms. The monoisotopic (exact) mass is 240 g/mol. The molecule has 92 valence electrons. The molecule has 18 heavy (non-hydrogen) atoms. The largest absolute Gasteiger partial charge is 0.274 e. The lowest BCUT2D eigenvalue weighted by molar-refractivity contribution is -0.117. The number of pyridine rings is 1. The summed E-state index contributed by atoms with van der Waals surface area (Å²) in [6.07, 6.45) is 3.05. The van der Waals surface area contributed by atoms with E-state index in [0.29, 0.717) is 12.2 Å². The molecule has 0 aliphatic carbocycles. The van der Waals surface area contributed by atoms with Crippen LogP contribution in [0.2, 0.25) is 0 Å². The van der Waals surface area contributed by atoms with Crippen LogP contribution in [0.3, 0.4) is 0 Å².